The van der Waals surface area contributed by atoms with E-state index in [1.54, 1.807) is 18.2 Å². The van der Waals surface area contributed by atoms with Crippen molar-refractivity contribution in [2.24, 2.45) is 17.6 Å². The molecule has 0 atom stereocenters. The van der Waals surface area contributed by atoms with Crippen LogP contribution in [-0.4, -0.2) is 40.0 Å². The van der Waals surface area contributed by atoms with E-state index in [-0.39, 0.29) is 23.5 Å². The third-order valence-corrected chi connectivity index (χ3v) is 6.31. The molecule has 0 radical (unpaired) electrons. The van der Waals surface area contributed by atoms with Crippen LogP contribution >= 0.6 is 15.9 Å². The van der Waals surface area contributed by atoms with Crippen molar-refractivity contribution in [1.82, 2.24) is 4.90 Å². The normalized spacial score (nSPS) is 19.2. The topological polar surface area (TPSA) is 126 Å². The van der Waals surface area contributed by atoms with Gasteiger partial charge in [0, 0.05) is 27.9 Å². The molecule has 1 aromatic heterocycles. The zero-order valence-corrected chi connectivity index (χ0v) is 19.5. The lowest BCUT2D eigenvalue weighted by atomic mass is 9.81. The number of halogens is 1. The molecule has 1 aromatic carbocycles. The van der Waals surface area contributed by atoms with Gasteiger partial charge in [-0.25, -0.2) is 4.79 Å². The van der Waals surface area contributed by atoms with Crippen LogP contribution in [-0.2, 0) is 4.79 Å². The Labute approximate surface area is 189 Å². The first-order valence-electron chi connectivity index (χ1n) is 10.3. The molecule has 31 heavy (non-hydrogen) atoms. The van der Waals surface area contributed by atoms with E-state index in [4.69, 9.17) is 10.2 Å². The molecule has 0 aliphatic heterocycles. The van der Waals surface area contributed by atoms with E-state index in [0.717, 1.165) is 17.3 Å². The number of anilines is 1. The predicted molar refractivity (Wildman–Crippen MR) is 121 cm³/mol. The number of nitrogens with one attached hydrogen (secondary N) is 1. The average molecular weight is 494 g/mol. The first-order chi connectivity index (χ1) is 14.5. The van der Waals surface area contributed by atoms with Crippen LogP contribution in [0.1, 0.15) is 57.0 Å². The number of hydrogen-bond acceptors (Lipinski definition) is 4. The lowest BCUT2D eigenvalue weighted by Gasteiger charge is -2.37. The number of hydrogen-bond donors (Lipinski definition) is 3. The molecule has 1 aliphatic carbocycles. The van der Waals surface area contributed by atoms with Crippen molar-refractivity contribution in [2.75, 3.05) is 11.9 Å². The molecule has 9 heteroatoms. The average Bonchev–Trinajstić information content (AvgIpc) is 3.03. The van der Waals surface area contributed by atoms with Gasteiger partial charge in [0.15, 0.2) is 0 Å². The SMILES string of the molecule is CC(C)(C)N(C[C@H]1CC[C@H](C(=O)Nc2c(C(N)=O)oc3ccc(Br)cc23)CC1)C(=O)O. The predicted octanol–water partition coefficient (Wildman–Crippen LogP) is 4.82. The maximum atomic E-state index is 12.9. The van der Waals surface area contributed by atoms with Crippen molar-refractivity contribution in [3.8, 4) is 0 Å². The van der Waals surface area contributed by atoms with Crippen LogP contribution in [0.25, 0.3) is 11.0 Å². The molecule has 8 nitrogen and oxygen atoms in total. The third kappa shape index (κ3) is 5.20. The van der Waals surface area contributed by atoms with E-state index in [1.165, 1.54) is 4.90 Å². The number of carbonyl (C=O) groups is 3. The largest absolute Gasteiger partial charge is 0.465 e. The zero-order valence-electron chi connectivity index (χ0n) is 17.9. The summed E-state index contributed by atoms with van der Waals surface area (Å²) in [4.78, 5) is 37.8. The van der Waals surface area contributed by atoms with Gasteiger partial charge < -0.3 is 25.5 Å². The molecule has 0 bridgehead atoms. The summed E-state index contributed by atoms with van der Waals surface area (Å²) in [6.07, 6.45) is 1.90. The molecule has 3 rings (SSSR count). The number of rotatable bonds is 5. The van der Waals surface area contributed by atoms with Crippen molar-refractivity contribution in [3.63, 3.8) is 0 Å². The number of primary amides is 1. The number of furan rings is 1. The van der Waals surface area contributed by atoms with Crippen LogP contribution in [0.4, 0.5) is 10.5 Å². The highest BCUT2D eigenvalue weighted by Crippen LogP contribution is 2.35. The van der Waals surface area contributed by atoms with Crippen LogP contribution in [0, 0.1) is 11.8 Å². The first-order valence-corrected chi connectivity index (χ1v) is 11.1. The second kappa shape index (κ2) is 8.90. The zero-order chi connectivity index (χ0) is 22.9. The third-order valence-electron chi connectivity index (χ3n) is 5.82. The minimum absolute atomic E-state index is 0.0718. The summed E-state index contributed by atoms with van der Waals surface area (Å²) >= 11 is 3.39. The molecule has 168 valence electrons. The molecule has 3 amide bonds. The Morgan fingerprint density at radius 2 is 1.87 bits per heavy atom. The van der Waals surface area contributed by atoms with Gasteiger partial charge in [-0.15, -0.1) is 0 Å². The second-order valence-electron chi connectivity index (χ2n) is 9.08. The van der Waals surface area contributed by atoms with Gasteiger partial charge in [0.25, 0.3) is 5.91 Å². The van der Waals surface area contributed by atoms with Gasteiger partial charge >= 0.3 is 6.09 Å². The number of carboxylic acid groups (broad SMARTS) is 1. The maximum Gasteiger partial charge on any atom is 0.407 e. The number of nitrogens with zero attached hydrogens (tertiary/aromatic N) is 1. The van der Waals surface area contributed by atoms with Crippen molar-refractivity contribution in [1.29, 1.82) is 0 Å². The summed E-state index contributed by atoms with van der Waals surface area (Å²) in [6.45, 7) is 6.09. The molecule has 2 aromatic rings. The van der Waals surface area contributed by atoms with Gasteiger partial charge in [-0.1, -0.05) is 15.9 Å². The highest BCUT2D eigenvalue weighted by molar-refractivity contribution is 9.10. The molecule has 0 spiro atoms. The number of carbonyl (C=O) groups excluding carboxylic acids is 2. The van der Waals surface area contributed by atoms with E-state index in [9.17, 15) is 19.5 Å². The minimum atomic E-state index is -0.927. The Bertz CT molecular complexity index is 1000. The highest BCUT2D eigenvalue weighted by atomic mass is 79.9. The van der Waals surface area contributed by atoms with Crippen LogP contribution in [0.5, 0.6) is 0 Å². The van der Waals surface area contributed by atoms with E-state index in [2.05, 4.69) is 21.2 Å². The minimum Gasteiger partial charge on any atom is -0.465 e. The molecule has 0 saturated heterocycles. The summed E-state index contributed by atoms with van der Waals surface area (Å²) in [5.41, 5.74) is 5.73. The van der Waals surface area contributed by atoms with E-state index in [0.29, 0.717) is 36.0 Å². The molecule has 1 aliphatic rings. The summed E-state index contributed by atoms with van der Waals surface area (Å²) in [5, 5.41) is 13.0. The fourth-order valence-electron chi connectivity index (χ4n) is 4.10. The summed E-state index contributed by atoms with van der Waals surface area (Å²) in [6, 6.07) is 5.25. The van der Waals surface area contributed by atoms with E-state index >= 15 is 0 Å². The van der Waals surface area contributed by atoms with Gasteiger partial charge in [-0.3, -0.25) is 9.59 Å². The molecule has 0 unspecified atom stereocenters. The van der Waals surface area contributed by atoms with Crippen molar-refractivity contribution >= 4 is 50.5 Å². The number of nitrogens with two attached hydrogens (primary N) is 1. The van der Waals surface area contributed by atoms with E-state index in [1.807, 2.05) is 20.8 Å². The maximum absolute atomic E-state index is 12.9. The van der Waals surface area contributed by atoms with Crippen molar-refractivity contribution < 1.29 is 23.9 Å². The van der Waals surface area contributed by atoms with E-state index < -0.39 is 17.5 Å². The summed E-state index contributed by atoms with van der Waals surface area (Å²) in [5.74, 6) is -1.01. The quantitative estimate of drug-likeness (QED) is 0.550. The molecule has 1 saturated carbocycles. The van der Waals surface area contributed by atoms with Crippen LogP contribution in [0.2, 0.25) is 0 Å². The van der Waals surface area contributed by atoms with Crippen LogP contribution in [0.15, 0.2) is 27.1 Å². The summed E-state index contributed by atoms with van der Waals surface area (Å²) < 4.78 is 6.33. The Morgan fingerprint density at radius 1 is 1.23 bits per heavy atom. The smallest absolute Gasteiger partial charge is 0.407 e. The van der Waals surface area contributed by atoms with Crippen LogP contribution < -0.4 is 11.1 Å². The van der Waals surface area contributed by atoms with Gasteiger partial charge in [-0.05, 0) is 70.6 Å². The second-order valence-corrected chi connectivity index (χ2v) is 10.00. The Hall–Kier alpha value is -2.55. The fraction of sp³-hybridized carbons (Fsp3) is 0.500. The number of fused-ring (bicyclic) bond motifs is 1. The molecule has 1 fully saturated rings. The highest BCUT2D eigenvalue weighted by Gasteiger charge is 2.33. The van der Waals surface area contributed by atoms with Crippen molar-refractivity contribution in [2.45, 2.75) is 52.0 Å². The molecular formula is C22H28BrN3O5. The van der Waals surface area contributed by atoms with Gasteiger partial charge in [-0.2, -0.15) is 0 Å². The molecule has 4 N–H and O–H groups in total. The molecule has 1 heterocycles. The Balaban J connectivity index is 1.68. The Morgan fingerprint density at radius 3 is 2.42 bits per heavy atom. The molecular weight excluding hydrogens is 466 g/mol. The lowest BCUT2D eigenvalue weighted by Crippen LogP contribution is -2.47. The van der Waals surface area contributed by atoms with Gasteiger partial charge in [0.2, 0.25) is 11.7 Å². The van der Waals surface area contributed by atoms with Gasteiger partial charge in [0.1, 0.15) is 11.3 Å². The first kappa shape index (κ1) is 23.1. The number of benzene rings is 1. The summed E-state index contributed by atoms with van der Waals surface area (Å²) in [7, 11) is 0. The Kier molecular flexibility index (Phi) is 6.64. The monoisotopic (exact) mass is 493 g/mol. The van der Waals surface area contributed by atoms with Crippen LogP contribution in [0.3, 0.4) is 0 Å². The lowest BCUT2D eigenvalue weighted by molar-refractivity contribution is -0.121. The number of amides is 3. The standard InChI is InChI=1S/C22H28BrN3O5/c1-22(2,3)26(21(29)30)11-12-4-6-13(7-5-12)20(28)25-17-15-10-14(23)8-9-16(15)31-18(17)19(24)27/h8-10,12-13H,4-7,11H2,1-3H3,(H2,24,27)(H,25,28)(H,29,30)/t12-,13-. The van der Waals surface area contributed by atoms with Gasteiger partial charge in [0.05, 0.1) is 0 Å². The fourth-order valence-corrected chi connectivity index (χ4v) is 4.46. The van der Waals surface area contributed by atoms with Crippen molar-refractivity contribution in [3.05, 3.63) is 28.4 Å².